The molecule has 2 aromatic carbocycles. The van der Waals surface area contributed by atoms with Gasteiger partial charge in [-0.15, -0.1) is 11.3 Å². The Balaban J connectivity index is 1.47. The molecule has 1 aliphatic heterocycles. The lowest BCUT2D eigenvalue weighted by molar-refractivity contribution is 0.174. The Kier molecular flexibility index (Phi) is 4.06. The first kappa shape index (κ1) is 15.0. The number of rotatable bonds is 4. The molecule has 0 bridgehead atoms. The Morgan fingerprint density at radius 2 is 2.08 bits per heavy atom. The summed E-state index contributed by atoms with van der Waals surface area (Å²) < 4.78 is 10.6. The number of aromatic nitrogens is 1. The quantitative estimate of drug-likeness (QED) is 0.546. The summed E-state index contributed by atoms with van der Waals surface area (Å²) in [6, 6.07) is 13.6. The second-order valence-electron chi connectivity index (χ2n) is 5.01. The van der Waals surface area contributed by atoms with E-state index in [4.69, 9.17) is 21.1 Å². The molecule has 0 amide bonds. The molecule has 0 atom stereocenters. The van der Waals surface area contributed by atoms with E-state index < -0.39 is 0 Å². The maximum absolute atomic E-state index is 6.14. The normalized spacial score (nSPS) is 12.7. The van der Waals surface area contributed by atoms with Crippen molar-refractivity contribution in [1.29, 1.82) is 0 Å². The van der Waals surface area contributed by atoms with Gasteiger partial charge in [0.05, 0.1) is 16.9 Å². The van der Waals surface area contributed by atoms with Crippen molar-refractivity contribution in [3.05, 3.63) is 58.4 Å². The average Bonchev–Trinajstić information content (AvgIpc) is 3.25. The predicted octanol–water partition coefficient (Wildman–Crippen LogP) is 4.64. The smallest absolute Gasteiger partial charge is 0.231 e. The van der Waals surface area contributed by atoms with Crippen LogP contribution in [0.15, 0.2) is 52.9 Å². The summed E-state index contributed by atoms with van der Waals surface area (Å²) in [5.74, 6) is 1.21. The molecule has 4 rings (SSSR count). The van der Waals surface area contributed by atoms with Crippen LogP contribution >= 0.6 is 22.9 Å². The minimum atomic E-state index is 0.190. The van der Waals surface area contributed by atoms with Crippen LogP contribution in [-0.2, 0) is 0 Å². The average molecular weight is 358 g/mol. The third kappa shape index (κ3) is 3.06. The highest BCUT2D eigenvalue weighted by Gasteiger charge is 2.17. The van der Waals surface area contributed by atoms with Crippen LogP contribution in [0.3, 0.4) is 0 Å². The molecule has 0 aliphatic carbocycles. The predicted molar refractivity (Wildman–Crippen MR) is 96.3 cm³/mol. The lowest BCUT2D eigenvalue weighted by Gasteiger charge is -2.00. The molecule has 1 aromatic heterocycles. The van der Waals surface area contributed by atoms with E-state index in [-0.39, 0.29) is 6.79 Å². The van der Waals surface area contributed by atoms with Crippen LogP contribution in [0.25, 0.3) is 11.3 Å². The number of ether oxygens (including phenoxy) is 2. The highest BCUT2D eigenvalue weighted by atomic mass is 35.5. The van der Waals surface area contributed by atoms with Crippen LogP contribution in [0.5, 0.6) is 11.5 Å². The number of hydrazone groups is 1. The fourth-order valence-corrected chi connectivity index (χ4v) is 3.23. The van der Waals surface area contributed by atoms with Gasteiger partial charge in [-0.05, 0) is 17.7 Å². The molecule has 1 N–H and O–H groups in total. The standard InChI is InChI=1S/C17H12ClN3O2S/c18-13-6-11(7-15-16(13)23-10-22-15)8-19-21-17-20-14(9-24-17)12-4-2-1-3-5-12/h1-9H,10H2,(H,20,21). The third-order valence-electron chi connectivity index (χ3n) is 3.40. The summed E-state index contributed by atoms with van der Waals surface area (Å²) in [5.41, 5.74) is 5.75. The Labute approximate surface area is 147 Å². The molecular formula is C17H12ClN3O2S. The Bertz CT molecular complexity index is 896. The van der Waals surface area contributed by atoms with Gasteiger partial charge in [-0.3, -0.25) is 5.43 Å². The highest BCUT2D eigenvalue weighted by molar-refractivity contribution is 7.14. The molecule has 1 aliphatic rings. The lowest BCUT2D eigenvalue weighted by Crippen LogP contribution is -1.93. The molecule has 120 valence electrons. The van der Waals surface area contributed by atoms with Gasteiger partial charge in [-0.25, -0.2) is 4.98 Å². The second-order valence-corrected chi connectivity index (χ2v) is 6.28. The van der Waals surface area contributed by atoms with E-state index in [0.29, 0.717) is 16.5 Å². The van der Waals surface area contributed by atoms with Crippen molar-refractivity contribution in [1.82, 2.24) is 4.98 Å². The van der Waals surface area contributed by atoms with Gasteiger partial charge in [0, 0.05) is 10.9 Å². The van der Waals surface area contributed by atoms with Gasteiger partial charge < -0.3 is 9.47 Å². The van der Waals surface area contributed by atoms with Gasteiger partial charge in [0.25, 0.3) is 0 Å². The maximum Gasteiger partial charge on any atom is 0.231 e. The maximum atomic E-state index is 6.14. The van der Waals surface area contributed by atoms with Gasteiger partial charge in [0.1, 0.15) is 0 Å². The molecule has 0 fully saturated rings. The van der Waals surface area contributed by atoms with Crippen LogP contribution in [-0.4, -0.2) is 18.0 Å². The minimum absolute atomic E-state index is 0.190. The van der Waals surface area contributed by atoms with Crippen LogP contribution in [0.2, 0.25) is 5.02 Å². The Morgan fingerprint density at radius 1 is 1.21 bits per heavy atom. The Hall–Kier alpha value is -2.57. The molecule has 0 saturated carbocycles. The van der Waals surface area contributed by atoms with Gasteiger partial charge in [0.15, 0.2) is 11.5 Å². The second kappa shape index (κ2) is 6.51. The molecule has 3 aromatic rings. The van der Waals surface area contributed by atoms with Gasteiger partial charge in [-0.2, -0.15) is 5.10 Å². The van der Waals surface area contributed by atoms with Crippen LogP contribution in [0.1, 0.15) is 5.56 Å². The van der Waals surface area contributed by atoms with E-state index in [1.807, 2.05) is 41.8 Å². The largest absolute Gasteiger partial charge is 0.454 e. The molecule has 0 saturated heterocycles. The number of halogens is 1. The van der Waals surface area contributed by atoms with E-state index in [1.54, 1.807) is 12.3 Å². The van der Waals surface area contributed by atoms with Crippen molar-refractivity contribution < 1.29 is 9.47 Å². The number of thiazole rings is 1. The van der Waals surface area contributed by atoms with E-state index in [9.17, 15) is 0 Å². The number of benzene rings is 2. The first-order chi connectivity index (χ1) is 11.8. The zero-order chi connectivity index (χ0) is 16.4. The van der Waals surface area contributed by atoms with Crippen molar-refractivity contribution in [2.24, 2.45) is 5.10 Å². The SMILES string of the molecule is Clc1cc(C=NNc2nc(-c3ccccc3)cs2)cc2c1OCO2. The first-order valence-corrected chi connectivity index (χ1v) is 8.44. The van der Waals surface area contributed by atoms with Crippen molar-refractivity contribution >= 4 is 34.3 Å². The van der Waals surface area contributed by atoms with E-state index >= 15 is 0 Å². The number of fused-ring (bicyclic) bond motifs is 1. The van der Waals surface area contributed by atoms with Crippen LogP contribution in [0, 0.1) is 0 Å². The van der Waals surface area contributed by atoms with Crippen molar-refractivity contribution in [2.75, 3.05) is 12.2 Å². The van der Waals surface area contributed by atoms with E-state index in [0.717, 1.165) is 22.0 Å². The monoisotopic (exact) mass is 357 g/mol. The summed E-state index contributed by atoms with van der Waals surface area (Å²) in [6.45, 7) is 0.190. The summed E-state index contributed by atoms with van der Waals surface area (Å²) >= 11 is 7.64. The molecule has 5 nitrogen and oxygen atoms in total. The third-order valence-corrected chi connectivity index (χ3v) is 4.42. The van der Waals surface area contributed by atoms with Gasteiger partial charge >= 0.3 is 0 Å². The number of anilines is 1. The van der Waals surface area contributed by atoms with E-state index in [1.165, 1.54) is 11.3 Å². The fourth-order valence-electron chi connectivity index (χ4n) is 2.29. The Morgan fingerprint density at radius 3 is 2.96 bits per heavy atom. The summed E-state index contributed by atoms with van der Waals surface area (Å²) in [6.07, 6.45) is 1.66. The molecule has 24 heavy (non-hydrogen) atoms. The fraction of sp³-hybridized carbons (Fsp3) is 0.0588. The lowest BCUT2D eigenvalue weighted by atomic mass is 10.2. The van der Waals surface area contributed by atoms with Gasteiger partial charge in [0.2, 0.25) is 11.9 Å². The highest BCUT2D eigenvalue weighted by Crippen LogP contribution is 2.39. The number of nitrogens with zero attached hydrogens (tertiary/aromatic N) is 2. The molecule has 7 heteroatoms. The van der Waals surface area contributed by atoms with E-state index in [2.05, 4.69) is 15.5 Å². The zero-order valence-corrected chi connectivity index (χ0v) is 14.0. The number of hydrogen-bond donors (Lipinski definition) is 1. The number of hydrogen-bond acceptors (Lipinski definition) is 6. The first-order valence-electron chi connectivity index (χ1n) is 7.19. The minimum Gasteiger partial charge on any atom is -0.454 e. The van der Waals surface area contributed by atoms with Crippen LogP contribution < -0.4 is 14.9 Å². The zero-order valence-electron chi connectivity index (χ0n) is 12.4. The topological polar surface area (TPSA) is 55.7 Å². The molecular weight excluding hydrogens is 346 g/mol. The van der Waals surface area contributed by atoms with Gasteiger partial charge in [-0.1, -0.05) is 41.9 Å². The summed E-state index contributed by atoms with van der Waals surface area (Å²) in [7, 11) is 0. The summed E-state index contributed by atoms with van der Waals surface area (Å²) in [5, 5.41) is 7.42. The molecule has 0 unspecified atom stereocenters. The summed E-state index contributed by atoms with van der Waals surface area (Å²) in [4.78, 5) is 4.51. The van der Waals surface area contributed by atoms with Crippen molar-refractivity contribution in [3.8, 4) is 22.8 Å². The van der Waals surface area contributed by atoms with Crippen molar-refractivity contribution in [2.45, 2.75) is 0 Å². The molecule has 2 heterocycles. The van der Waals surface area contributed by atoms with Crippen LogP contribution in [0.4, 0.5) is 5.13 Å². The number of nitrogens with one attached hydrogen (secondary N) is 1. The molecule has 0 spiro atoms. The molecule has 0 radical (unpaired) electrons. The van der Waals surface area contributed by atoms with Crippen molar-refractivity contribution in [3.63, 3.8) is 0 Å².